The molecule has 7 heteroatoms. The first-order valence-electron chi connectivity index (χ1n) is 7.63. The Morgan fingerprint density at radius 2 is 1.72 bits per heavy atom. The molecule has 4 nitrogen and oxygen atoms in total. The smallest absolute Gasteiger partial charge is 0.326 e. The minimum atomic E-state index is -4.50. The second-order valence-electron chi connectivity index (χ2n) is 5.28. The molecule has 2 amide bonds. The van der Waals surface area contributed by atoms with Gasteiger partial charge in [0.1, 0.15) is 6.42 Å². The minimum absolute atomic E-state index is 0.00427. The summed E-state index contributed by atoms with van der Waals surface area (Å²) in [5.41, 5.74) is -0.214. The number of nitrogens with one attached hydrogen (secondary N) is 1. The molecule has 0 spiro atoms. The topological polar surface area (TPSA) is 49.4 Å². The van der Waals surface area contributed by atoms with Crippen molar-refractivity contribution < 1.29 is 22.8 Å². The standard InChI is InChI=1S/C18H17F3N2O2/c1-2-23(15-9-4-3-5-10-15)17(25)12-16(24)22-14-8-6-7-13(11-14)18(19,20)21/h3-11H,2,12H2,1H3,(H,22,24). The van der Waals surface area contributed by atoms with Crippen LogP contribution in [0.4, 0.5) is 24.5 Å². The fraction of sp³-hybridized carbons (Fsp3) is 0.222. The third kappa shape index (κ3) is 5.07. The van der Waals surface area contributed by atoms with Gasteiger partial charge in [-0.3, -0.25) is 9.59 Å². The van der Waals surface area contributed by atoms with Crippen molar-refractivity contribution in [3.63, 3.8) is 0 Å². The van der Waals surface area contributed by atoms with E-state index in [0.29, 0.717) is 12.2 Å². The van der Waals surface area contributed by atoms with Gasteiger partial charge in [-0.1, -0.05) is 24.3 Å². The normalized spacial score (nSPS) is 11.0. The molecule has 0 bridgehead atoms. The van der Waals surface area contributed by atoms with Crippen molar-refractivity contribution in [3.05, 3.63) is 60.2 Å². The molecule has 25 heavy (non-hydrogen) atoms. The first kappa shape index (κ1) is 18.5. The highest BCUT2D eigenvalue weighted by molar-refractivity contribution is 6.09. The number of rotatable bonds is 5. The number of benzene rings is 2. The van der Waals surface area contributed by atoms with Crippen molar-refractivity contribution in [2.45, 2.75) is 19.5 Å². The molecule has 0 radical (unpaired) electrons. The number of anilines is 2. The summed E-state index contributed by atoms with van der Waals surface area (Å²) < 4.78 is 38.0. The summed E-state index contributed by atoms with van der Waals surface area (Å²) in [6.45, 7) is 2.15. The molecule has 0 atom stereocenters. The van der Waals surface area contributed by atoms with E-state index in [4.69, 9.17) is 0 Å². The Kier molecular flexibility index (Phi) is 5.80. The number of hydrogen-bond acceptors (Lipinski definition) is 2. The van der Waals surface area contributed by atoms with Crippen molar-refractivity contribution in [3.8, 4) is 0 Å². The number of amides is 2. The molecule has 0 fully saturated rings. The fourth-order valence-electron chi connectivity index (χ4n) is 2.32. The Bertz CT molecular complexity index is 745. The van der Waals surface area contributed by atoms with Crippen LogP contribution in [0.5, 0.6) is 0 Å². The molecule has 132 valence electrons. The van der Waals surface area contributed by atoms with Crippen molar-refractivity contribution in [1.82, 2.24) is 0 Å². The van der Waals surface area contributed by atoms with Gasteiger partial charge >= 0.3 is 6.18 Å². The molecular weight excluding hydrogens is 333 g/mol. The van der Waals surface area contributed by atoms with Gasteiger partial charge in [-0.25, -0.2) is 0 Å². The van der Waals surface area contributed by atoms with Gasteiger partial charge in [-0.2, -0.15) is 13.2 Å². The van der Waals surface area contributed by atoms with Gasteiger partial charge in [-0.15, -0.1) is 0 Å². The molecule has 0 aliphatic rings. The summed E-state index contributed by atoms with van der Waals surface area (Å²) in [6, 6.07) is 13.1. The zero-order valence-corrected chi connectivity index (χ0v) is 13.5. The van der Waals surface area contributed by atoms with Crippen LogP contribution in [0.3, 0.4) is 0 Å². The Hall–Kier alpha value is -2.83. The van der Waals surface area contributed by atoms with Crippen LogP contribution in [0, 0.1) is 0 Å². The number of alkyl halides is 3. The maximum atomic E-state index is 12.7. The molecule has 2 aromatic rings. The van der Waals surface area contributed by atoms with Gasteiger partial charge < -0.3 is 10.2 Å². The molecule has 0 unspecified atom stereocenters. The lowest BCUT2D eigenvalue weighted by Gasteiger charge is -2.20. The molecule has 0 heterocycles. The monoisotopic (exact) mass is 350 g/mol. The molecule has 0 saturated heterocycles. The third-order valence-electron chi connectivity index (χ3n) is 3.47. The van der Waals surface area contributed by atoms with Gasteiger partial charge in [-0.05, 0) is 37.3 Å². The summed E-state index contributed by atoms with van der Waals surface area (Å²) >= 11 is 0. The van der Waals surface area contributed by atoms with Crippen LogP contribution in [-0.4, -0.2) is 18.4 Å². The molecule has 2 aromatic carbocycles. The zero-order chi connectivity index (χ0) is 18.4. The van der Waals surface area contributed by atoms with Crippen LogP contribution in [0.1, 0.15) is 18.9 Å². The summed E-state index contributed by atoms with van der Waals surface area (Å²) in [6.07, 6.45) is -4.96. The third-order valence-corrected chi connectivity index (χ3v) is 3.47. The summed E-state index contributed by atoms with van der Waals surface area (Å²) in [5, 5.41) is 2.33. The predicted octanol–water partition coefficient (Wildman–Crippen LogP) is 4.09. The van der Waals surface area contributed by atoms with E-state index in [2.05, 4.69) is 5.32 Å². The van der Waals surface area contributed by atoms with Crippen molar-refractivity contribution >= 4 is 23.2 Å². The molecule has 0 aliphatic carbocycles. The van der Waals surface area contributed by atoms with Crippen LogP contribution in [-0.2, 0) is 15.8 Å². The average molecular weight is 350 g/mol. The van der Waals surface area contributed by atoms with E-state index >= 15 is 0 Å². The fourth-order valence-corrected chi connectivity index (χ4v) is 2.32. The number of carbonyl (C=O) groups excluding carboxylic acids is 2. The van der Waals surface area contributed by atoms with Crippen LogP contribution in [0.25, 0.3) is 0 Å². The van der Waals surface area contributed by atoms with Gasteiger partial charge in [0.05, 0.1) is 5.56 Å². The van der Waals surface area contributed by atoms with Crippen LogP contribution in [0.2, 0.25) is 0 Å². The Labute approximate surface area is 143 Å². The first-order chi connectivity index (χ1) is 11.8. The minimum Gasteiger partial charge on any atom is -0.326 e. The van der Waals surface area contributed by atoms with Gasteiger partial charge in [0.2, 0.25) is 11.8 Å². The van der Waals surface area contributed by atoms with E-state index in [0.717, 1.165) is 12.1 Å². The Balaban J connectivity index is 2.03. The summed E-state index contributed by atoms with van der Waals surface area (Å²) in [4.78, 5) is 25.7. The zero-order valence-electron chi connectivity index (χ0n) is 13.5. The number of nitrogens with zero attached hydrogens (tertiary/aromatic N) is 1. The molecule has 0 aliphatic heterocycles. The lowest BCUT2D eigenvalue weighted by molar-refractivity contribution is -0.137. The van der Waals surface area contributed by atoms with Crippen molar-refractivity contribution in [1.29, 1.82) is 0 Å². The van der Waals surface area contributed by atoms with Gasteiger partial charge in [0.15, 0.2) is 0 Å². The quantitative estimate of drug-likeness (QED) is 0.826. The highest BCUT2D eigenvalue weighted by atomic mass is 19.4. The number of halogens is 3. The molecular formula is C18H17F3N2O2. The largest absolute Gasteiger partial charge is 0.416 e. The van der Waals surface area contributed by atoms with E-state index in [9.17, 15) is 22.8 Å². The summed E-state index contributed by atoms with van der Waals surface area (Å²) in [5.74, 6) is -1.10. The van der Waals surface area contributed by atoms with Gasteiger partial charge in [0.25, 0.3) is 0 Å². The number of carbonyl (C=O) groups is 2. The summed E-state index contributed by atoms with van der Waals surface area (Å²) in [7, 11) is 0. The SMILES string of the molecule is CCN(C(=O)CC(=O)Nc1cccc(C(F)(F)F)c1)c1ccccc1. The lowest BCUT2D eigenvalue weighted by atomic mass is 10.2. The highest BCUT2D eigenvalue weighted by Crippen LogP contribution is 2.30. The first-order valence-corrected chi connectivity index (χ1v) is 7.63. The van der Waals surface area contributed by atoms with E-state index in [1.54, 1.807) is 31.2 Å². The molecule has 2 rings (SSSR count). The van der Waals surface area contributed by atoms with Gasteiger partial charge in [0, 0.05) is 17.9 Å². The highest BCUT2D eigenvalue weighted by Gasteiger charge is 2.30. The van der Waals surface area contributed by atoms with Crippen molar-refractivity contribution in [2.24, 2.45) is 0 Å². The second kappa shape index (κ2) is 7.83. The lowest BCUT2D eigenvalue weighted by Crippen LogP contribution is -2.33. The molecule has 1 N–H and O–H groups in total. The number of hydrogen-bond donors (Lipinski definition) is 1. The van der Waals surface area contributed by atoms with E-state index < -0.39 is 30.0 Å². The van der Waals surface area contributed by atoms with Crippen LogP contribution >= 0.6 is 0 Å². The maximum Gasteiger partial charge on any atom is 0.416 e. The second-order valence-corrected chi connectivity index (χ2v) is 5.28. The van der Waals surface area contributed by atoms with Crippen molar-refractivity contribution in [2.75, 3.05) is 16.8 Å². The number of para-hydroxylation sites is 1. The van der Waals surface area contributed by atoms with Crippen LogP contribution in [0.15, 0.2) is 54.6 Å². The average Bonchev–Trinajstić information content (AvgIpc) is 2.56. The van der Waals surface area contributed by atoms with E-state index in [1.807, 2.05) is 6.07 Å². The van der Waals surface area contributed by atoms with E-state index in [1.165, 1.54) is 17.0 Å². The predicted molar refractivity (Wildman–Crippen MR) is 89.2 cm³/mol. The van der Waals surface area contributed by atoms with E-state index in [-0.39, 0.29) is 5.69 Å². The molecule has 0 saturated carbocycles. The Morgan fingerprint density at radius 3 is 2.32 bits per heavy atom. The Morgan fingerprint density at radius 1 is 1.04 bits per heavy atom. The van der Waals surface area contributed by atoms with Crippen LogP contribution < -0.4 is 10.2 Å². The maximum absolute atomic E-state index is 12.7. The molecule has 0 aromatic heterocycles.